The lowest BCUT2D eigenvalue weighted by atomic mass is 10.1. The first-order valence-corrected chi connectivity index (χ1v) is 3.99. The van der Waals surface area contributed by atoms with E-state index in [1.807, 2.05) is 0 Å². The van der Waals surface area contributed by atoms with Gasteiger partial charge >= 0.3 is 0 Å². The average molecular weight is 198 g/mol. The normalized spacial score (nSPS) is 10.6. The molecular weight excluding hydrogens is 193 g/mol. The molecule has 66 valence electrons. The van der Waals surface area contributed by atoms with Gasteiger partial charge in [-0.05, 0) is 18.2 Å². The zero-order chi connectivity index (χ0) is 9.42. The second kappa shape index (κ2) is 2.85. The Morgan fingerprint density at radius 2 is 2.08 bits per heavy atom. The van der Waals surface area contributed by atoms with Crippen molar-refractivity contribution in [2.75, 3.05) is 0 Å². The number of aromatic hydroxyl groups is 1. The molecule has 0 fully saturated rings. The minimum absolute atomic E-state index is 0.000648. The molecule has 0 spiro atoms. The summed E-state index contributed by atoms with van der Waals surface area (Å²) in [6, 6.07) is 3.96. The summed E-state index contributed by atoms with van der Waals surface area (Å²) in [7, 11) is 0. The van der Waals surface area contributed by atoms with Crippen LogP contribution in [0.2, 0.25) is 5.15 Å². The van der Waals surface area contributed by atoms with Crippen LogP contribution in [-0.2, 0) is 0 Å². The Hall–Kier alpha value is -1.35. The molecule has 2 aromatic rings. The molecule has 0 aliphatic carbocycles. The third-order valence-corrected chi connectivity index (χ3v) is 2.09. The lowest BCUT2D eigenvalue weighted by molar-refractivity contribution is 0.480. The maximum atomic E-state index is 13.2. The van der Waals surface area contributed by atoms with Crippen LogP contribution in [0.1, 0.15) is 0 Å². The number of hydrogen-bond donors (Lipinski definition) is 1. The standard InChI is InChI=1S/C9H5ClFNO/c10-9-8-5(3-4-12-9)7(13)2-1-6(8)11/h1-4,13H. The van der Waals surface area contributed by atoms with Gasteiger partial charge in [-0.25, -0.2) is 9.37 Å². The molecule has 1 aromatic carbocycles. The van der Waals surface area contributed by atoms with Gasteiger partial charge in [-0.3, -0.25) is 0 Å². The lowest BCUT2D eigenvalue weighted by Crippen LogP contribution is -1.84. The highest BCUT2D eigenvalue weighted by molar-refractivity contribution is 6.34. The summed E-state index contributed by atoms with van der Waals surface area (Å²) in [6.45, 7) is 0. The van der Waals surface area contributed by atoms with Gasteiger partial charge in [0.1, 0.15) is 16.7 Å². The highest BCUT2D eigenvalue weighted by atomic mass is 35.5. The topological polar surface area (TPSA) is 33.1 Å². The number of halogens is 2. The van der Waals surface area contributed by atoms with Gasteiger partial charge < -0.3 is 5.11 Å². The summed E-state index contributed by atoms with van der Waals surface area (Å²) in [6.07, 6.45) is 1.42. The van der Waals surface area contributed by atoms with Crippen LogP contribution in [0, 0.1) is 5.82 Å². The molecule has 1 N–H and O–H groups in total. The van der Waals surface area contributed by atoms with E-state index in [4.69, 9.17) is 11.6 Å². The number of benzene rings is 1. The second-order valence-corrected chi connectivity index (χ2v) is 2.95. The van der Waals surface area contributed by atoms with E-state index < -0.39 is 5.82 Å². The van der Waals surface area contributed by atoms with Gasteiger partial charge in [0, 0.05) is 11.6 Å². The predicted octanol–water partition coefficient (Wildman–Crippen LogP) is 2.73. The molecule has 0 atom stereocenters. The smallest absolute Gasteiger partial charge is 0.139 e. The number of aromatic nitrogens is 1. The van der Waals surface area contributed by atoms with E-state index in [-0.39, 0.29) is 16.3 Å². The molecule has 0 saturated heterocycles. The second-order valence-electron chi connectivity index (χ2n) is 2.59. The molecule has 0 amide bonds. The van der Waals surface area contributed by atoms with Crippen LogP contribution in [0.25, 0.3) is 10.8 Å². The molecule has 4 heteroatoms. The molecule has 0 aliphatic heterocycles. The fourth-order valence-corrected chi connectivity index (χ4v) is 1.45. The number of hydrogen-bond acceptors (Lipinski definition) is 2. The maximum absolute atomic E-state index is 13.2. The van der Waals surface area contributed by atoms with Crippen LogP contribution >= 0.6 is 11.6 Å². The molecule has 1 heterocycles. The molecule has 0 unspecified atom stereocenters. The van der Waals surface area contributed by atoms with Gasteiger partial charge in [0.25, 0.3) is 0 Å². The van der Waals surface area contributed by atoms with Crippen LogP contribution in [0.3, 0.4) is 0 Å². The molecule has 13 heavy (non-hydrogen) atoms. The van der Waals surface area contributed by atoms with E-state index in [9.17, 15) is 9.50 Å². The predicted molar refractivity (Wildman–Crippen MR) is 48.4 cm³/mol. The van der Waals surface area contributed by atoms with Gasteiger partial charge in [0.2, 0.25) is 0 Å². The summed E-state index contributed by atoms with van der Waals surface area (Å²) >= 11 is 5.67. The lowest BCUT2D eigenvalue weighted by Gasteiger charge is -2.02. The number of phenolic OH excluding ortho intramolecular Hbond substituents is 1. The highest BCUT2D eigenvalue weighted by Gasteiger charge is 2.08. The van der Waals surface area contributed by atoms with Crippen molar-refractivity contribution in [3.8, 4) is 5.75 Å². The van der Waals surface area contributed by atoms with Crippen molar-refractivity contribution in [1.82, 2.24) is 4.98 Å². The quantitative estimate of drug-likeness (QED) is 0.659. The molecule has 1 aromatic heterocycles. The third kappa shape index (κ3) is 1.21. The summed E-state index contributed by atoms with van der Waals surface area (Å²) in [5.74, 6) is -0.480. The number of rotatable bonds is 0. The van der Waals surface area contributed by atoms with Crippen molar-refractivity contribution in [1.29, 1.82) is 0 Å². The van der Waals surface area contributed by atoms with Gasteiger partial charge in [-0.1, -0.05) is 11.6 Å². The Bertz CT molecular complexity index is 464. The van der Waals surface area contributed by atoms with E-state index in [2.05, 4.69) is 4.98 Å². The van der Waals surface area contributed by atoms with Gasteiger partial charge in [-0.15, -0.1) is 0 Å². The number of fused-ring (bicyclic) bond motifs is 1. The SMILES string of the molecule is Oc1ccc(F)c2c(Cl)nccc12. The van der Waals surface area contributed by atoms with Crippen molar-refractivity contribution < 1.29 is 9.50 Å². The Kier molecular flexibility index (Phi) is 1.81. The average Bonchev–Trinajstić information content (AvgIpc) is 2.12. The van der Waals surface area contributed by atoms with Crippen molar-refractivity contribution >= 4 is 22.4 Å². The van der Waals surface area contributed by atoms with Crippen molar-refractivity contribution in [2.45, 2.75) is 0 Å². The first-order valence-electron chi connectivity index (χ1n) is 3.62. The van der Waals surface area contributed by atoms with Crippen LogP contribution in [0.5, 0.6) is 5.75 Å². The van der Waals surface area contributed by atoms with Crippen molar-refractivity contribution in [2.24, 2.45) is 0 Å². The maximum Gasteiger partial charge on any atom is 0.139 e. The largest absolute Gasteiger partial charge is 0.507 e. The Morgan fingerprint density at radius 3 is 2.77 bits per heavy atom. The van der Waals surface area contributed by atoms with Crippen molar-refractivity contribution in [3.63, 3.8) is 0 Å². The third-order valence-electron chi connectivity index (χ3n) is 1.81. The monoisotopic (exact) mass is 197 g/mol. The van der Waals surface area contributed by atoms with Crippen molar-refractivity contribution in [3.05, 3.63) is 35.4 Å². The number of pyridine rings is 1. The molecule has 2 rings (SSSR count). The van der Waals surface area contributed by atoms with E-state index in [0.717, 1.165) is 6.07 Å². The number of nitrogens with zero attached hydrogens (tertiary/aromatic N) is 1. The Balaban J connectivity index is 3.00. The van der Waals surface area contributed by atoms with Gasteiger partial charge in [0.05, 0.1) is 5.39 Å². The van der Waals surface area contributed by atoms with E-state index in [1.54, 1.807) is 0 Å². The zero-order valence-corrected chi connectivity index (χ0v) is 7.22. The van der Waals surface area contributed by atoms with Crippen LogP contribution in [0.15, 0.2) is 24.4 Å². The number of phenols is 1. The van der Waals surface area contributed by atoms with Crippen LogP contribution in [-0.4, -0.2) is 10.1 Å². The molecule has 0 bridgehead atoms. The van der Waals surface area contributed by atoms with Gasteiger partial charge in [-0.2, -0.15) is 0 Å². The zero-order valence-electron chi connectivity index (χ0n) is 6.46. The fourth-order valence-electron chi connectivity index (χ4n) is 1.20. The summed E-state index contributed by atoms with van der Waals surface area (Å²) < 4.78 is 13.2. The van der Waals surface area contributed by atoms with Crippen LogP contribution in [0.4, 0.5) is 4.39 Å². The van der Waals surface area contributed by atoms with E-state index >= 15 is 0 Å². The molecule has 0 radical (unpaired) electrons. The minimum Gasteiger partial charge on any atom is -0.507 e. The molecule has 0 saturated carbocycles. The summed E-state index contributed by atoms with van der Waals surface area (Å²) in [4.78, 5) is 3.72. The van der Waals surface area contributed by atoms with Gasteiger partial charge in [0.15, 0.2) is 0 Å². The molecule has 0 aliphatic rings. The minimum atomic E-state index is -0.481. The highest BCUT2D eigenvalue weighted by Crippen LogP contribution is 2.30. The van der Waals surface area contributed by atoms with Crippen LogP contribution < -0.4 is 0 Å². The molecular formula is C9H5ClFNO. The Morgan fingerprint density at radius 1 is 1.31 bits per heavy atom. The molecule has 2 nitrogen and oxygen atoms in total. The summed E-state index contributed by atoms with van der Waals surface area (Å²) in [5.41, 5.74) is 0. The summed E-state index contributed by atoms with van der Waals surface area (Å²) in [5, 5.41) is 9.96. The van der Waals surface area contributed by atoms with E-state index in [1.165, 1.54) is 18.3 Å². The van der Waals surface area contributed by atoms with E-state index in [0.29, 0.717) is 5.39 Å². The fraction of sp³-hybridized carbons (Fsp3) is 0. The Labute approximate surface area is 78.6 Å². The first kappa shape index (κ1) is 8.26. The first-order chi connectivity index (χ1) is 6.20.